The van der Waals surface area contributed by atoms with E-state index in [-0.39, 0.29) is 0 Å². The van der Waals surface area contributed by atoms with Crippen LogP contribution >= 0.6 is 0 Å². The molecule has 0 aromatic heterocycles. The second-order valence-corrected chi connectivity index (χ2v) is 13.8. The SMILES string of the molecule is c1cc(-c2cccc(N(c3ccc(-c4ccc5ccccc5c4)cc3)c3ccc4ccc5ccccc5c4c3)c2)cc(-c2cccc3ccccc23)c1. The smallest absolute Gasteiger partial charge is 0.0468 e. The van der Waals surface area contributed by atoms with E-state index in [4.69, 9.17) is 0 Å². The van der Waals surface area contributed by atoms with E-state index in [0.717, 1.165) is 17.1 Å². The molecule has 0 aliphatic carbocycles. The highest BCUT2D eigenvalue weighted by Gasteiger charge is 2.16. The van der Waals surface area contributed by atoms with Gasteiger partial charge in [-0.25, -0.2) is 0 Å². The number of hydrogen-bond acceptors (Lipinski definition) is 1. The van der Waals surface area contributed by atoms with E-state index in [0.29, 0.717) is 0 Å². The van der Waals surface area contributed by atoms with Crippen molar-refractivity contribution in [1.29, 1.82) is 0 Å². The Hall–Kier alpha value is -6.96. The van der Waals surface area contributed by atoms with Crippen LogP contribution in [0.15, 0.2) is 212 Å². The third-order valence-corrected chi connectivity index (χ3v) is 10.6. The van der Waals surface area contributed by atoms with Gasteiger partial charge in [-0.1, -0.05) is 164 Å². The minimum absolute atomic E-state index is 1.11. The summed E-state index contributed by atoms with van der Waals surface area (Å²) in [7, 11) is 0. The number of fused-ring (bicyclic) bond motifs is 5. The van der Waals surface area contributed by atoms with Crippen LogP contribution in [0.3, 0.4) is 0 Å². The van der Waals surface area contributed by atoms with Gasteiger partial charge in [0.25, 0.3) is 0 Å². The first-order chi connectivity index (χ1) is 26.2. The summed E-state index contributed by atoms with van der Waals surface area (Å²) in [5.74, 6) is 0. The predicted molar refractivity (Wildman–Crippen MR) is 227 cm³/mol. The molecule has 0 fully saturated rings. The largest absolute Gasteiger partial charge is 0.310 e. The van der Waals surface area contributed by atoms with Crippen molar-refractivity contribution in [3.63, 3.8) is 0 Å². The highest BCUT2D eigenvalue weighted by molar-refractivity contribution is 6.09. The number of nitrogens with zero attached hydrogens (tertiary/aromatic N) is 1. The van der Waals surface area contributed by atoms with Gasteiger partial charge in [0.1, 0.15) is 0 Å². The highest BCUT2D eigenvalue weighted by atomic mass is 15.1. The molecule has 0 spiro atoms. The molecular formula is C52H35N. The van der Waals surface area contributed by atoms with Crippen LogP contribution in [0, 0.1) is 0 Å². The third-order valence-electron chi connectivity index (χ3n) is 10.6. The summed E-state index contributed by atoms with van der Waals surface area (Å²) in [4.78, 5) is 2.39. The maximum atomic E-state index is 2.39. The van der Waals surface area contributed by atoms with Crippen LogP contribution in [0.4, 0.5) is 17.1 Å². The molecule has 0 aliphatic heterocycles. The monoisotopic (exact) mass is 673 g/mol. The molecule has 0 radical (unpaired) electrons. The summed E-state index contributed by atoms with van der Waals surface area (Å²) in [6.45, 7) is 0. The topological polar surface area (TPSA) is 3.24 Å². The van der Waals surface area contributed by atoms with Crippen LogP contribution in [0.25, 0.3) is 76.5 Å². The van der Waals surface area contributed by atoms with Crippen LogP contribution in [-0.2, 0) is 0 Å². The molecule has 0 unspecified atom stereocenters. The van der Waals surface area contributed by atoms with E-state index in [1.807, 2.05) is 0 Å². The van der Waals surface area contributed by atoms with Crippen molar-refractivity contribution < 1.29 is 0 Å². The second kappa shape index (κ2) is 13.0. The van der Waals surface area contributed by atoms with Crippen molar-refractivity contribution in [2.45, 2.75) is 0 Å². The maximum absolute atomic E-state index is 2.39. The minimum atomic E-state index is 1.11. The molecule has 0 saturated heterocycles. The molecule has 0 amide bonds. The summed E-state index contributed by atoms with van der Waals surface area (Å²) >= 11 is 0. The van der Waals surface area contributed by atoms with E-state index in [2.05, 4.69) is 217 Å². The Morgan fingerprint density at radius 3 is 1.57 bits per heavy atom. The zero-order valence-electron chi connectivity index (χ0n) is 29.2. The number of anilines is 3. The van der Waals surface area contributed by atoms with Crippen molar-refractivity contribution in [3.8, 4) is 33.4 Å². The van der Waals surface area contributed by atoms with Crippen molar-refractivity contribution in [1.82, 2.24) is 0 Å². The van der Waals surface area contributed by atoms with Crippen LogP contribution in [0.1, 0.15) is 0 Å². The molecule has 0 atom stereocenters. The summed E-state index contributed by atoms with van der Waals surface area (Å²) in [6, 6.07) is 77.4. The van der Waals surface area contributed by atoms with Gasteiger partial charge in [-0.05, 0) is 125 Å². The van der Waals surface area contributed by atoms with Gasteiger partial charge in [0, 0.05) is 17.1 Å². The van der Waals surface area contributed by atoms with Gasteiger partial charge in [0.05, 0.1) is 0 Å². The molecule has 0 aliphatic rings. The first kappa shape index (κ1) is 30.8. The first-order valence-electron chi connectivity index (χ1n) is 18.2. The molecule has 10 aromatic rings. The number of hydrogen-bond donors (Lipinski definition) is 0. The van der Waals surface area contributed by atoms with Crippen LogP contribution < -0.4 is 4.90 Å². The molecule has 0 bridgehead atoms. The van der Waals surface area contributed by atoms with Crippen molar-refractivity contribution in [2.75, 3.05) is 4.90 Å². The highest BCUT2D eigenvalue weighted by Crippen LogP contribution is 2.40. The minimum Gasteiger partial charge on any atom is -0.310 e. The average Bonchev–Trinajstić information content (AvgIpc) is 3.24. The quantitative estimate of drug-likeness (QED) is 0.159. The Morgan fingerprint density at radius 1 is 0.226 bits per heavy atom. The molecule has 0 heterocycles. The molecule has 0 saturated carbocycles. The molecule has 1 heteroatoms. The fourth-order valence-electron chi connectivity index (χ4n) is 7.92. The van der Waals surface area contributed by atoms with Crippen LogP contribution in [0.2, 0.25) is 0 Å². The lowest BCUT2D eigenvalue weighted by atomic mass is 9.95. The zero-order valence-corrected chi connectivity index (χ0v) is 29.2. The molecule has 248 valence electrons. The second-order valence-electron chi connectivity index (χ2n) is 13.8. The zero-order chi connectivity index (χ0) is 35.1. The lowest BCUT2D eigenvalue weighted by Crippen LogP contribution is -2.10. The fourth-order valence-corrected chi connectivity index (χ4v) is 7.92. The summed E-state index contributed by atoms with van der Waals surface area (Å²) in [5, 5.41) is 10.0. The van der Waals surface area contributed by atoms with Crippen LogP contribution in [-0.4, -0.2) is 0 Å². The molecular weight excluding hydrogens is 639 g/mol. The van der Waals surface area contributed by atoms with Gasteiger partial charge in [0.2, 0.25) is 0 Å². The van der Waals surface area contributed by atoms with Crippen molar-refractivity contribution in [2.24, 2.45) is 0 Å². The molecule has 53 heavy (non-hydrogen) atoms. The van der Waals surface area contributed by atoms with Crippen molar-refractivity contribution in [3.05, 3.63) is 212 Å². The Balaban J connectivity index is 1.10. The first-order valence-corrected chi connectivity index (χ1v) is 18.2. The molecule has 10 aromatic carbocycles. The van der Waals surface area contributed by atoms with Gasteiger partial charge >= 0.3 is 0 Å². The van der Waals surface area contributed by atoms with E-state index >= 15 is 0 Å². The normalized spacial score (nSPS) is 11.4. The Bertz CT molecular complexity index is 2950. The third kappa shape index (κ3) is 5.69. The lowest BCUT2D eigenvalue weighted by molar-refractivity contribution is 1.29. The van der Waals surface area contributed by atoms with Crippen LogP contribution in [0.5, 0.6) is 0 Å². The molecule has 10 rings (SSSR count). The fraction of sp³-hybridized carbons (Fsp3) is 0. The Kier molecular flexibility index (Phi) is 7.55. The number of benzene rings is 10. The van der Waals surface area contributed by atoms with Gasteiger partial charge in [-0.2, -0.15) is 0 Å². The van der Waals surface area contributed by atoms with Gasteiger partial charge in [-0.3, -0.25) is 0 Å². The lowest BCUT2D eigenvalue weighted by Gasteiger charge is -2.27. The molecule has 0 N–H and O–H groups in total. The average molecular weight is 674 g/mol. The number of rotatable bonds is 6. The van der Waals surface area contributed by atoms with Gasteiger partial charge in [0.15, 0.2) is 0 Å². The summed E-state index contributed by atoms with van der Waals surface area (Å²) in [5.41, 5.74) is 10.6. The predicted octanol–water partition coefficient (Wildman–Crippen LogP) is 14.8. The van der Waals surface area contributed by atoms with Gasteiger partial charge < -0.3 is 4.90 Å². The van der Waals surface area contributed by atoms with Crippen molar-refractivity contribution >= 4 is 60.2 Å². The molecule has 1 nitrogen and oxygen atoms in total. The van der Waals surface area contributed by atoms with E-state index < -0.39 is 0 Å². The van der Waals surface area contributed by atoms with Gasteiger partial charge in [-0.15, -0.1) is 0 Å². The maximum Gasteiger partial charge on any atom is 0.0468 e. The Morgan fingerprint density at radius 2 is 0.736 bits per heavy atom. The summed E-state index contributed by atoms with van der Waals surface area (Å²) < 4.78 is 0. The van der Waals surface area contributed by atoms with E-state index in [9.17, 15) is 0 Å². The summed E-state index contributed by atoms with van der Waals surface area (Å²) in [6.07, 6.45) is 0. The Labute approximate surface area is 309 Å². The standard InChI is InChI=1S/C52H35N/c1-2-13-41-32-44(25-22-36(41)10-1)37-26-29-46(30-27-37)53(48-31-28-40-24-23-39-12-4-6-20-50(39)52(40)35-48)47-18-8-16-43(34-47)42-15-7-17-45(33-42)51-21-9-14-38-11-3-5-19-49(38)51/h1-35H. The van der Waals surface area contributed by atoms with E-state index in [1.165, 1.54) is 76.5 Å². The van der Waals surface area contributed by atoms with E-state index in [1.54, 1.807) is 0 Å².